The number of ether oxygens (including phenoxy) is 1. The molecule has 162 valence electrons. The highest BCUT2D eigenvalue weighted by molar-refractivity contribution is 6.31. The van der Waals surface area contributed by atoms with Crippen molar-refractivity contribution in [3.63, 3.8) is 0 Å². The molecule has 2 aromatic carbocycles. The van der Waals surface area contributed by atoms with E-state index in [4.69, 9.17) is 16.3 Å². The fourth-order valence-electron chi connectivity index (χ4n) is 4.09. The molecule has 2 aromatic rings. The van der Waals surface area contributed by atoms with E-state index >= 15 is 0 Å². The number of benzene rings is 2. The molecule has 1 atom stereocenters. The Bertz CT molecular complexity index is 861. The normalized spacial score (nSPS) is 16.3. The summed E-state index contributed by atoms with van der Waals surface area (Å²) in [5, 5.41) is 3.67. The Hall–Kier alpha value is -2.11. The second kappa shape index (κ2) is 10.3. The molecule has 1 N–H and O–H groups in total. The van der Waals surface area contributed by atoms with E-state index in [2.05, 4.69) is 23.2 Å². The third kappa shape index (κ3) is 5.32. The summed E-state index contributed by atoms with van der Waals surface area (Å²) in [7, 11) is 1.66. The molecule has 0 aromatic heterocycles. The Labute approximate surface area is 183 Å². The molecule has 0 bridgehead atoms. The third-order valence-corrected chi connectivity index (χ3v) is 6.30. The summed E-state index contributed by atoms with van der Waals surface area (Å²) in [5.41, 5.74) is 2.68. The van der Waals surface area contributed by atoms with Gasteiger partial charge in [0.15, 0.2) is 0 Å². The molecule has 1 saturated heterocycles. The number of halogens is 2. The van der Waals surface area contributed by atoms with E-state index in [1.54, 1.807) is 19.2 Å². The minimum atomic E-state index is -0.275. The second-order valence-electron chi connectivity index (χ2n) is 7.95. The first-order chi connectivity index (χ1) is 14.4. The maximum atomic E-state index is 14.0. The van der Waals surface area contributed by atoms with Gasteiger partial charge in [-0.25, -0.2) is 4.39 Å². The molecule has 0 unspecified atom stereocenters. The molecule has 30 heavy (non-hydrogen) atoms. The van der Waals surface area contributed by atoms with Crippen LogP contribution in [-0.2, 0) is 11.3 Å². The number of aryl methyl sites for hydroxylation is 1. The Kier molecular flexibility index (Phi) is 7.73. The van der Waals surface area contributed by atoms with Crippen LogP contribution in [0.15, 0.2) is 36.4 Å². The number of amides is 1. The predicted octanol–water partition coefficient (Wildman–Crippen LogP) is 5.28. The van der Waals surface area contributed by atoms with E-state index in [0.717, 1.165) is 49.2 Å². The lowest BCUT2D eigenvalue weighted by molar-refractivity contribution is -0.127. The number of nitrogens with zero attached hydrogens (tertiary/aromatic N) is 1. The zero-order valence-corrected chi connectivity index (χ0v) is 18.6. The van der Waals surface area contributed by atoms with E-state index in [9.17, 15) is 9.18 Å². The van der Waals surface area contributed by atoms with Gasteiger partial charge in [-0.15, -0.1) is 0 Å². The Morgan fingerprint density at radius 3 is 2.63 bits per heavy atom. The van der Waals surface area contributed by atoms with Gasteiger partial charge in [0.2, 0.25) is 5.91 Å². The van der Waals surface area contributed by atoms with Crippen molar-refractivity contribution >= 4 is 17.5 Å². The molecular weight excluding hydrogens is 403 g/mol. The molecular formula is C24H30ClFN2O2. The van der Waals surface area contributed by atoms with Crippen molar-refractivity contribution < 1.29 is 13.9 Å². The molecule has 3 rings (SSSR count). The van der Waals surface area contributed by atoms with Gasteiger partial charge in [-0.1, -0.05) is 36.7 Å². The monoisotopic (exact) mass is 432 g/mol. The Morgan fingerprint density at radius 1 is 1.30 bits per heavy atom. The van der Waals surface area contributed by atoms with Gasteiger partial charge in [-0.05, 0) is 68.6 Å². The van der Waals surface area contributed by atoms with Crippen molar-refractivity contribution in [3.05, 3.63) is 63.9 Å². The maximum absolute atomic E-state index is 14.0. The number of methoxy groups -OCH3 is 1. The number of carbonyl (C=O) groups is 1. The van der Waals surface area contributed by atoms with Crippen LogP contribution in [0.4, 0.5) is 4.39 Å². The summed E-state index contributed by atoms with van der Waals surface area (Å²) >= 11 is 6.15. The number of hydrogen-bond acceptors (Lipinski definition) is 3. The first-order valence-electron chi connectivity index (χ1n) is 10.5. The second-order valence-corrected chi connectivity index (χ2v) is 8.36. The molecule has 0 radical (unpaired) electrons. The number of nitrogens with one attached hydrogen (secondary N) is 1. The van der Waals surface area contributed by atoms with Crippen LogP contribution in [0.2, 0.25) is 5.02 Å². The fraction of sp³-hybridized carbons (Fsp3) is 0.458. The van der Waals surface area contributed by atoms with Crippen LogP contribution in [-0.4, -0.2) is 31.0 Å². The predicted molar refractivity (Wildman–Crippen MR) is 118 cm³/mol. The van der Waals surface area contributed by atoms with Crippen LogP contribution in [0.25, 0.3) is 0 Å². The minimum Gasteiger partial charge on any atom is -0.496 e. The highest BCUT2D eigenvalue weighted by Crippen LogP contribution is 2.27. The van der Waals surface area contributed by atoms with Gasteiger partial charge in [0, 0.05) is 23.0 Å². The molecule has 1 aliphatic rings. The molecule has 6 heteroatoms. The lowest BCUT2D eigenvalue weighted by atomic mass is 9.94. The van der Waals surface area contributed by atoms with Gasteiger partial charge in [0.05, 0.1) is 13.2 Å². The molecule has 1 amide bonds. The molecule has 4 nitrogen and oxygen atoms in total. The number of rotatable bonds is 7. The zero-order valence-electron chi connectivity index (χ0n) is 17.9. The van der Waals surface area contributed by atoms with Gasteiger partial charge in [0.1, 0.15) is 11.6 Å². The average Bonchev–Trinajstić information content (AvgIpc) is 2.75. The lowest BCUT2D eigenvalue weighted by Gasteiger charge is -2.32. The summed E-state index contributed by atoms with van der Waals surface area (Å²) in [6, 6.07) is 10.8. The number of likely N-dealkylation sites (tertiary alicyclic amines) is 1. The number of piperidine rings is 1. The summed E-state index contributed by atoms with van der Waals surface area (Å²) in [6.45, 7) is 6.06. The molecule has 1 aliphatic heterocycles. The van der Waals surface area contributed by atoms with Crippen LogP contribution in [0.3, 0.4) is 0 Å². The Balaban J connectivity index is 1.56. The first kappa shape index (κ1) is 22.6. The topological polar surface area (TPSA) is 41.6 Å². The molecule has 0 saturated carbocycles. The summed E-state index contributed by atoms with van der Waals surface area (Å²) < 4.78 is 19.4. The van der Waals surface area contributed by atoms with E-state index in [0.29, 0.717) is 17.1 Å². The quantitative estimate of drug-likeness (QED) is 0.647. The van der Waals surface area contributed by atoms with Gasteiger partial charge >= 0.3 is 0 Å². The van der Waals surface area contributed by atoms with Crippen molar-refractivity contribution in [1.29, 1.82) is 0 Å². The van der Waals surface area contributed by atoms with Crippen molar-refractivity contribution in [2.45, 2.75) is 45.7 Å². The lowest BCUT2D eigenvalue weighted by Crippen LogP contribution is -2.41. The van der Waals surface area contributed by atoms with Gasteiger partial charge in [0.25, 0.3) is 0 Å². The van der Waals surface area contributed by atoms with Crippen LogP contribution in [0.5, 0.6) is 5.75 Å². The van der Waals surface area contributed by atoms with Crippen molar-refractivity contribution in [2.75, 3.05) is 20.2 Å². The van der Waals surface area contributed by atoms with Gasteiger partial charge < -0.3 is 10.1 Å². The molecule has 0 aliphatic carbocycles. The third-order valence-electron chi connectivity index (χ3n) is 5.95. The Morgan fingerprint density at radius 2 is 2.03 bits per heavy atom. The van der Waals surface area contributed by atoms with Gasteiger partial charge in [-0.2, -0.15) is 0 Å². The van der Waals surface area contributed by atoms with Crippen molar-refractivity contribution in [1.82, 2.24) is 10.2 Å². The highest BCUT2D eigenvalue weighted by atomic mass is 35.5. The fourth-order valence-corrected chi connectivity index (χ4v) is 4.31. The molecule has 0 spiro atoms. The highest BCUT2D eigenvalue weighted by Gasteiger charge is 2.27. The molecule has 1 heterocycles. The summed E-state index contributed by atoms with van der Waals surface area (Å²) in [4.78, 5) is 15.1. The number of carbonyl (C=O) groups excluding carboxylic acids is 1. The van der Waals surface area contributed by atoms with E-state index < -0.39 is 0 Å². The summed E-state index contributed by atoms with van der Waals surface area (Å²) in [6.07, 6.45) is 2.34. The van der Waals surface area contributed by atoms with Crippen LogP contribution >= 0.6 is 11.6 Å². The zero-order chi connectivity index (χ0) is 21.7. The van der Waals surface area contributed by atoms with Crippen molar-refractivity contribution in [3.8, 4) is 5.75 Å². The average molecular weight is 433 g/mol. The summed E-state index contributed by atoms with van der Waals surface area (Å²) in [5.74, 6) is 0.648. The van der Waals surface area contributed by atoms with Crippen molar-refractivity contribution in [2.24, 2.45) is 5.92 Å². The first-order valence-corrected chi connectivity index (χ1v) is 10.9. The molecule has 1 fully saturated rings. The smallest absolute Gasteiger partial charge is 0.223 e. The minimum absolute atomic E-state index is 0.0163. The largest absolute Gasteiger partial charge is 0.496 e. The SMILES string of the molecule is CC[C@H](NC(=O)C1CCN(Cc2c(F)cccc2Cl)CC1)c1ccc(OC)c(C)c1. The van der Waals surface area contributed by atoms with Crippen LogP contribution < -0.4 is 10.1 Å². The number of hydrogen-bond donors (Lipinski definition) is 1. The van der Waals surface area contributed by atoms with E-state index in [1.807, 2.05) is 19.1 Å². The maximum Gasteiger partial charge on any atom is 0.223 e. The van der Waals surface area contributed by atoms with E-state index in [1.165, 1.54) is 6.07 Å². The van der Waals surface area contributed by atoms with E-state index in [-0.39, 0.29) is 23.7 Å². The van der Waals surface area contributed by atoms with Gasteiger partial charge in [-0.3, -0.25) is 9.69 Å². The standard InChI is InChI=1S/C24H30ClFN2O2/c1-4-22(18-8-9-23(30-3)16(2)14-18)27-24(29)17-10-12-28(13-11-17)15-19-20(25)6-5-7-21(19)26/h5-9,14,17,22H,4,10-13,15H2,1-3H3,(H,27,29)/t22-/m0/s1. The van der Waals surface area contributed by atoms with Crippen LogP contribution in [0.1, 0.15) is 48.9 Å². The van der Waals surface area contributed by atoms with Crippen LogP contribution in [0, 0.1) is 18.7 Å².